The van der Waals surface area contributed by atoms with Crippen LogP contribution in [0.4, 0.5) is 0 Å². The van der Waals surface area contributed by atoms with Crippen LogP contribution in [0.15, 0.2) is 12.2 Å². The van der Waals surface area contributed by atoms with Gasteiger partial charge in [-0.05, 0) is 32.1 Å². The largest absolute Gasteiger partial charge is 0.466 e. The first-order valence-electron chi connectivity index (χ1n) is 20.6. The molecule has 262 valence electrons. The van der Waals surface area contributed by atoms with Gasteiger partial charge in [0.2, 0.25) is 0 Å². The molecule has 0 aliphatic carbocycles. The van der Waals surface area contributed by atoms with Gasteiger partial charge in [-0.2, -0.15) is 0 Å². The van der Waals surface area contributed by atoms with E-state index in [9.17, 15) is 4.79 Å². The Morgan fingerprint density at radius 3 is 1.05 bits per heavy atom. The van der Waals surface area contributed by atoms with Crippen molar-refractivity contribution < 1.29 is 9.53 Å². The average molecular weight is 619 g/mol. The van der Waals surface area contributed by atoms with Crippen molar-refractivity contribution >= 4 is 5.97 Å². The van der Waals surface area contributed by atoms with E-state index in [0.717, 1.165) is 19.3 Å². The number of rotatable bonds is 38. The number of carbonyl (C=O) groups is 1. The number of allylic oxidation sites excluding steroid dienone is 2. The summed E-state index contributed by atoms with van der Waals surface area (Å²) < 4.78 is 5.44. The van der Waals surface area contributed by atoms with E-state index in [1.54, 1.807) is 0 Å². The van der Waals surface area contributed by atoms with Gasteiger partial charge in [0.15, 0.2) is 0 Å². The molecule has 0 aliphatic heterocycles. The van der Waals surface area contributed by atoms with E-state index in [0.29, 0.717) is 13.0 Å². The number of ether oxygens (including phenoxy) is 1. The first-order valence-corrected chi connectivity index (χ1v) is 20.6. The molecule has 2 nitrogen and oxygen atoms in total. The van der Waals surface area contributed by atoms with Crippen LogP contribution < -0.4 is 0 Å². The summed E-state index contributed by atoms with van der Waals surface area (Å²) in [5, 5.41) is 0. The zero-order valence-corrected chi connectivity index (χ0v) is 30.6. The summed E-state index contributed by atoms with van der Waals surface area (Å²) in [6.07, 6.45) is 53.1. The highest BCUT2D eigenvalue weighted by atomic mass is 16.5. The van der Waals surface area contributed by atoms with Gasteiger partial charge < -0.3 is 4.74 Å². The highest BCUT2D eigenvalue weighted by Gasteiger charge is 2.02. The van der Waals surface area contributed by atoms with Crippen molar-refractivity contribution in [2.75, 3.05) is 6.61 Å². The second-order valence-electron chi connectivity index (χ2n) is 14.0. The maximum atomic E-state index is 11.9. The summed E-state index contributed by atoms with van der Waals surface area (Å²) >= 11 is 0. The molecule has 0 unspecified atom stereocenters. The van der Waals surface area contributed by atoms with Gasteiger partial charge in [0.25, 0.3) is 0 Å². The van der Waals surface area contributed by atoms with Crippen LogP contribution in [0.1, 0.15) is 245 Å². The van der Waals surface area contributed by atoms with Crippen molar-refractivity contribution in [3.63, 3.8) is 0 Å². The molecule has 0 amide bonds. The molecule has 44 heavy (non-hydrogen) atoms. The third-order valence-corrected chi connectivity index (χ3v) is 9.40. The fourth-order valence-electron chi connectivity index (χ4n) is 6.30. The van der Waals surface area contributed by atoms with E-state index in [1.807, 2.05) is 0 Å². The van der Waals surface area contributed by atoms with Crippen molar-refractivity contribution in [3.8, 4) is 0 Å². The lowest BCUT2D eigenvalue weighted by molar-refractivity contribution is -0.143. The zero-order chi connectivity index (χ0) is 31.9. The fraction of sp³-hybridized carbons (Fsp3) is 0.929. The second-order valence-corrected chi connectivity index (χ2v) is 14.0. The first kappa shape index (κ1) is 43.2. The van der Waals surface area contributed by atoms with Gasteiger partial charge >= 0.3 is 5.97 Å². The molecule has 0 aromatic carbocycles. The number of carbonyl (C=O) groups excluding carboxylic acids is 1. The molecule has 0 fully saturated rings. The van der Waals surface area contributed by atoms with Gasteiger partial charge in [-0.15, -0.1) is 0 Å². The van der Waals surface area contributed by atoms with E-state index in [4.69, 9.17) is 4.74 Å². The Labute approximate surface area is 278 Å². The molecular formula is C42H82O2. The Kier molecular flexibility index (Phi) is 39.5. The minimum absolute atomic E-state index is 0.0171. The summed E-state index contributed by atoms with van der Waals surface area (Å²) in [6, 6.07) is 0. The standard InChI is InChI=1S/C42H82O2/c1-3-5-7-9-11-13-15-16-17-18-19-20-21-22-23-24-25-26-27-28-29-31-33-35-37-39-41-44-42(43)40-38-36-34-32-30-14-12-10-8-6-4-2/h10,12H,3-9,11,13-41H2,1-2H3/b12-10-. The molecule has 0 spiro atoms. The molecule has 0 aromatic rings. The topological polar surface area (TPSA) is 26.3 Å². The predicted molar refractivity (Wildman–Crippen MR) is 198 cm³/mol. The van der Waals surface area contributed by atoms with Crippen LogP contribution in [0.5, 0.6) is 0 Å². The van der Waals surface area contributed by atoms with Crippen LogP contribution in [0.3, 0.4) is 0 Å². The molecule has 0 aliphatic rings. The van der Waals surface area contributed by atoms with E-state index >= 15 is 0 Å². The third kappa shape index (κ3) is 39.2. The van der Waals surface area contributed by atoms with Crippen LogP contribution >= 0.6 is 0 Å². The maximum absolute atomic E-state index is 11.9. The van der Waals surface area contributed by atoms with E-state index in [2.05, 4.69) is 26.0 Å². The Morgan fingerprint density at radius 1 is 0.364 bits per heavy atom. The quantitative estimate of drug-likeness (QED) is 0.0391. The summed E-state index contributed by atoms with van der Waals surface area (Å²) in [4.78, 5) is 11.9. The summed E-state index contributed by atoms with van der Waals surface area (Å²) in [6.45, 7) is 5.17. The molecule has 0 rings (SSSR count). The number of hydrogen-bond acceptors (Lipinski definition) is 2. The van der Waals surface area contributed by atoms with Crippen molar-refractivity contribution in [1.82, 2.24) is 0 Å². The van der Waals surface area contributed by atoms with Gasteiger partial charge in [0, 0.05) is 6.42 Å². The highest BCUT2D eigenvalue weighted by molar-refractivity contribution is 5.69. The number of esters is 1. The maximum Gasteiger partial charge on any atom is 0.305 e. The number of unbranched alkanes of at least 4 members (excludes halogenated alkanes) is 32. The Balaban J connectivity index is 3.13. The second kappa shape index (κ2) is 40.2. The third-order valence-electron chi connectivity index (χ3n) is 9.40. The SMILES string of the molecule is CCCC/C=C\CCCCCCCC(=O)OCCCCCCCCCCCCCCCCCCCCCCCCCCCC. The lowest BCUT2D eigenvalue weighted by Gasteiger charge is -2.06. The summed E-state index contributed by atoms with van der Waals surface area (Å²) in [7, 11) is 0. The minimum atomic E-state index is 0.0171. The molecule has 2 heteroatoms. The monoisotopic (exact) mass is 619 g/mol. The lowest BCUT2D eigenvalue weighted by Crippen LogP contribution is -2.05. The molecule has 0 heterocycles. The fourth-order valence-corrected chi connectivity index (χ4v) is 6.30. The van der Waals surface area contributed by atoms with Gasteiger partial charge in [-0.1, -0.05) is 219 Å². The Bertz CT molecular complexity index is 554. The van der Waals surface area contributed by atoms with Gasteiger partial charge in [0.05, 0.1) is 6.61 Å². The van der Waals surface area contributed by atoms with Crippen molar-refractivity contribution in [1.29, 1.82) is 0 Å². The van der Waals surface area contributed by atoms with Crippen LogP contribution in [0.2, 0.25) is 0 Å². The molecule has 0 radical (unpaired) electrons. The Morgan fingerprint density at radius 2 is 0.659 bits per heavy atom. The molecule has 0 aromatic heterocycles. The molecule has 0 bridgehead atoms. The van der Waals surface area contributed by atoms with Gasteiger partial charge in [-0.3, -0.25) is 4.79 Å². The molecule has 0 N–H and O–H groups in total. The van der Waals surface area contributed by atoms with Crippen LogP contribution in [0.25, 0.3) is 0 Å². The normalized spacial score (nSPS) is 11.6. The minimum Gasteiger partial charge on any atom is -0.466 e. The van der Waals surface area contributed by atoms with Crippen LogP contribution in [-0.2, 0) is 9.53 Å². The van der Waals surface area contributed by atoms with Crippen LogP contribution in [-0.4, -0.2) is 12.6 Å². The summed E-state index contributed by atoms with van der Waals surface area (Å²) in [5.41, 5.74) is 0. The lowest BCUT2D eigenvalue weighted by atomic mass is 10.0. The first-order chi connectivity index (χ1) is 21.8. The number of hydrogen-bond donors (Lipinski definition) is 0. The van der Waals surface area contributed by atoms with Crippen molar-refractivity contribution in [2.24, 2.45) is 0 Å². The van der Waals surface area contributed by atoms with E-state index in [1.165, 1.54) is 205 Å². The van der Waals surface area contributed by atoms with E-state index in [-0.39, 0.29) is 5.97 Å². The van der Waals surface area contributed by atoms with Gasteiger partial charge in [-0.25, -0.2) is 0 Å². The average Bonchev–Trinajstić information content (AvgIpc) is 3.03. The zero-order valence-electron chi connectivity index (χ0n) is 30.6. The van der Waals surface area contributed by atoms with E-state index < -0.39 is 0 Å². The molecule has 0 saturated carbocycles. The smallest absolute Gasteiger partial charge is 0.305 e. The van der Waals surface area contributed by atoms with Crippen molar-refractivity contribution in [2.45, 2.75) is 245 Å². The summed E-state index contributed by atoms with van der Waals surface area (Å²) in [5.74, 6) is 0.0171. The molecular weight excluding hydrogens is 536 g/mol. The molecule has 0 atom stereocenters. The molecule has 0 saturated heterocycles. The Hall–Kier alpha value is -0.790. The van der Waals surface area contributed by atoms with Gasteiger partial charge in [0.1, 0.15) is 0 Å². The van der Waals surface area contributed by atoms with Crippen molar-refractivity contribution in [3.05, 3.63) is 12.2 Å². The highest BCUT2D eigenvalue weighted by Crippen LogP contribution is 2.16. The predicted octanol–water partition coefficient (Wildman–Crippen LogP) is 15.2. The van der Waals surface area contributed by atoms with Crippen LogP contribution in [0, 0.1) is 0 Å².